The van der Waals surface area contributed by atoms with Crippen molar-refractivity contribution in [3.05, 3.63) is 34.4 Å². The summed E-state index contributed by atoms with van der Waals surface area (Å²) in [6, 6.07) is 0. The Morgan fingerprint density at radius 2 is 1.24 bits per heavy atom. The van der Waals surface area contributed by atoms with Crippen molar-refractivity contribution in [1.82, 2.24) is 0 Å². The van der Waals surface area contributed by atoms with Gasteiger partial charge in [0.1, 0.15) is 5.56 Å². The second-order valence-corrected chi connectivity index (χ2v) is 3.08. The van der Waals surface area contributed by atoms with Crippen LogP contribution in [0.2, 0.25) is 0 Å². The number of benzene rings is 1. The summed E-state index contributed by atoms with van der Waals surface area (Å²) in [5, 5.41) is 8.38. The van der Waals surface area contributed by atoms with Crippen LogP contribution < -0.4 is 0 Å². The van der Waals surface area contributed by atoms with Gasteiger partial charge in [-0.2, -0.15) is 13.2 Å². The number of hydrogen-bond donors (Lipinski definition) is 1. The lowest BCUT2D eigenvalue weighted by Crippen LogP contribution is -2.17. The summed E-state index contributed by atoms with van der Waals surface area (Å²) in [4.78, 5) is 0. The second-order valence-electron chi connectivity index (χ2n) is 3.08. The molecule has 1 aromatic rings. The van der Waals surface area contributed by atoms with Gasteiger partial charge in [-0.05, 0) is 0 Å². The molecule has 96 valence electrons. The summed E-state index contributed by atoms with van der Waals surface area (Å²) in [6.45, 7) is -0.863. The predicted molar refractivity (Wildman–Crippen MR) is 42.1 cm³/mol. The van der Waals surface area contributed by atoms with Crippen LogP contribution in [0.15, 0.2) is 0 Å². The Kier molecular flexibility index (Phi) is 3.65. The van der Waals surface area contributed by atoms with Gasteiger partial charge in [0.2, 0.25) is 0 Å². The van der Waals surface area contributed by atoms with Crippen molar-refractivity contribution in [2.24, 2.45) is 0 Å². The van der Waals surface area contributed by atoms with E-state index in [-0.39, 0.29) is 0 Å². The SMILES string of the molecule is OCCc1c(F)c(F)c(C(F)(F)F)c(F)c1F. The molecule has 0 amide bonds. The summed E-state index contributed by atoms with van der Waals surface area (Å²) in [6.07, 6.45) is -6.38. The molecule has 1 rings (SSSR count). The molecule has 0 atom stereocenters. The Bertz CT molecular complexity index is 409. The smallest absolute Gasteiger partial charge is 0.396 e. The third-order valence-corrected chi connectivity index (χ3v) is 2.00. The van der Waals surface area contributed by atoms with Gasteiger partial charge in [0, 0.05) is 18.6 Å². The molecule has 0 fully saturated rings. The Morgan fingerprint density at radius 3 is 1.53 bits per heavy atom. The van der Waals surface area contributed by atoms with E-state index < -0.39 is 53.6 Å². The monoisotopic (exact) mass is 262 g/mol. The van der Waals surface area contributed by atoms with E-state index in [1.165, 1.54) is 0 Å². The summed E-state index contributed by atoms with van der Waals surface area (Å²) in [5.41, 5.74) is -3.87. The summed E-state index contributed by atoms with van der Waals surface area (Å²) in [7, 11) is 0. The van der Waals surface area contributed by atoms with E-state index in [0.717, 1.165) is 0 Å². The maximum atomic E-state index is 13.0. The molecular formula is C9H5F7O. The molecular weight excluding hydrogens is 257 g/mol. The fourth-order valence-electron chi connectivity index (χ4n) is 1.26. The first kappa shape index (κ1) is 13.8. The van der Waals surface area contributed by atoms with Crippen molar-refractivity contribution in [2.75, 3.05) is 6.61 Å². The summed E-state index contributed by atoms with van der Waals surface area (Å²) >= 11 is 0. The first-order valence-corrected chi connectivity index (χ1v) is 4.24. The number of aliphatic hydroxyl groups excluding tert-OH is 1. The van der Waals surface area contributed by atoms with Crippen molar-refractivity contribution in [3.8, 4) is 0 Å². The molecule has 0 saturated carbocycles. The number of halogens is 7. The molecule has 1 N–H and O–H groups in total. The first-order valence-electron chi connectivity index (χ1n) is 4.24. The van der Waals surface area contributed by atoms with Crippen LogP contribution in [0.1, 0.15) is 11.1 Å². The Morgan fingerprint density at radius 1 is 0.824 bits per heavy atom. The fraction of sp³-hybridized carbons (Fsp3) is 0.333. The highest BCUT2D eigenvalue weighted by Crippen LogP contribution is 2.36. The highest BCUT2D eigenvalue weighted by atomic mass is 19.4. The zero-order valence-electron chi connectivity index (χ0n) is 8.01. The minimum absolute atomic E-state index is 0.830. The minimum Gasteiger partial charge on any atom is -0.396 e. The molecule has 0 bridgehead atoms. The number of hydrogen-bond acceptors (Lipinski definition) is 1. The van der Waals surface area contributed by atoms with Crippen molar-refractivity contribution < 1.29 is 35.8 Å². The van der Waals surface area contributed by atoms with Crippen LogP contribution in [0.25, 0.3) is 0 Å². The van der Waals surface area contributed by atoms with Gasteiger partial charge in [0.05, 0.1) is 0 Å². The molecule has 8 heteroatoms. The van der Waals surface area contributed by atoms with Crippen LogP contribution in [-0.2, 0) is 12.6 Å². The third kappa shape index (κ3) is 2.36. The highest BCUT2D eigenvalue weighted by molar-refractivity contribution is 5.31. The Balaban J connectivity index is 3.59. The molecule has 0 aliphatic heterocycles. The lowest BCUT2D eigenvalue weighted by molar-refractivity contribution is -0.143. The van der Waals surface area contributed by atoms with Gasteiger partial charge >= 0.3 is 6.18 Å². The molecule has 17 heavy (non-hydrogen) atoms. The van der Waals surface area contributed by atoms with Crippen LogP contribution in [0.5, 0.6) is 0 Å². The summed E-state index contributed by atoms with van der Waals surface area (Å²) in [5.74, 6) is -9.32. The van der Waals surface area contributed by atoms with Gasteiger partial charge < -0.3 is 5.11 Å². The molecule has 0 aliphatic rings. The van der Waals surface area contributed by atoms with Crippen molar-refractivity contribution in [3.63, 3.8) is 0 Å². The van der Waals surface area contributed by atoms with Crippen molar-refractivity contribution in [1.29, 1.82) is 0 Å². The summed E-state index contributed by atoms with van der Waals surface area (Å²) < 4.78 is 88.3. The van der Waals surface area contributed by atoms with Crippen LogP contribution in [0.4, 0.5) is 30.7 Å². The lowest BCUT2D eigenvalue weighted by atomic mass is 10.1. The second kappa shape index (κ2) is 4.52. The van der Waals surface area contributed by atoms with E-state index in [4.69, 9.17) is 5.11 Å². The molecule has 0 aliphatic carbocycles. The molecule has 0 saturated heterocycles. The third-order valence-electron chi connectivity index (χ3n) is 2.00. The normalized spacial score (nSPS) is 12.0. The van der Waals surface area contributed by atoms with Gasteiger partial charge in [-0.15, -0.1) is 0 Å². The standard InChI is InChI=1S/C9H5F7O/c10-5-3(1-2-17)6(11)8(13)4(7(5)12)9(14,15)16/h17H,1-2H2. The van der Waals surface area contributed by atoms with E-state index in [1.54, 1.807) is 0 Å². The Hall–Kier alpha value is -1.31. The van der Waals surface area contributed by atoms with Gasteiger partial charge in [-0.25, -0.2) is 17.6 Å². The lowest BCUT2D eigenvalue weighted by Gasteiger charge is -2.13. The maximum Gasteiger partial charge on any atom is 0.422 e. The van der Waals surface area contributed by atoms with Crippen molar-refractivity contribution in [2.45, 2.75) is 12.6 Å². The van der Waals surface area contributed by atoms with Crippen molar-refractivity contribution >= 4 is 0 Å². The van der Waals surface area contributed by atoms with Gasteiger partial charge in [0.25, 0.3) is 0 Å². The molecule has 0 spiro atoms. The van der Waals surface area contributed by atoms with E-state index >= 15 is 0 Å². The van der Waals surface area contributed by atoms with Gasteiger partial charge in [-0.1, -0.05) is 0 Å². The molecule has 0 radical (unpaired) electrons. The zero-order chi connectivity index (χ0) is 13.4. The van der Waals surface area contributed by atoms with Crippen LogP contribution in [0, 0.1) is 23.3 Å². The minimum atomic E-state index is -5.55. The first-order chi connectivity index (χ1) is 7.71. The van der Waals surface area contributed by atoms with E-state index in [9.17, 15) is 30.7 Å². The van der Waals surface area contributed by atoms with Crippen LogP contribution in [-0.4, -0.2) is 11.7 Å². The topological polar surface area (TPSA) is 20.2 Å². The maximum absolute atomic E-state index is 13.0. The number of rotatable bonds is 2. The van der Waals surface area contributed by atoms with E-state index in [1.807, 2.05) is 0 Å². The Labute approximate surface area is 90.5 Å². The van der Waals surface area contributed by atoms with E-state index in [0.29, 0.717) is 0 Å². The zero-order valence-corrected chi connectivity index (χ0v) is 8.01. The fourth-order valence-corrected chi connectivity index (χ4v) is 1.26. The van der Waals surface area contributed by atoms with E-state index in [2.05, 4.69) is 0 Å². The van der Waals surface area contributed by atoms with Crippen LogP contribution >= 0.6 is 0 Å². The van der Waals surface area contributed by atoms with Gasteiger partial charge in [-0.3, -0.25) is 0 Å². The highest BCUT2D eigenvalue weighted by Gasteiger charge is 2.42. The van der Waals surface area contributed by atoms with Gasteiger partial charge in [0.15, 0.2) is 23.3 Å². The molecule has 0 heterocycles. The number of alkyl halides is 3. The molecule has 1 aromatic carbocycles. The quantitative estimate of drug-likeness (QED) is 0.641. The largest absolute Gasteiger partial charge is 0.422 e. The van der Waals surface area contributed by atoms with Crippen LogP contribution in [0.3, 0.4) is 0 Å². The molecule has 1 nitrogen and oxygen atoms in total. The molecule has 0 aromatic heterocycles. The predicted octanol–water partition coefficient (Wildman–Crippen LogP) is 2.80. The molecule has 0 unspecified atom stereocenters. The number of aliphatic hydroxyl groups is 1. The average molecular weight is 262 g/mol. The average Bonchev–Trinajstić information content (AvgIpc) is 2.20.